The highest BCUT2D eigenvalue weighted by atomic mass is 19.3. The summed E-state index contributed by atoms with van der Waals surface area (Å²) >= 11 is 0. The summed E-state index contributed by atoms with van der Waals surface area (Å²) in [6.45, 7) is 3.47. The highest BCUT2D eigenvalue weighted by Crippen LogP contribution is 2.33. The van der Waals surface area contributed by atoms with E-state index in [9.17, 15) is 43.9 Å². The highest BCUT2D eigenvalue weighted by Gasteiger charge is 2.50. The second-order valence-corrected chi connectivity index (χ2v) is 4.15. The monoisotopic (exact) mass is 348 g/mol. The van der Waals surface area contributed by atoms with E-state index in [0.29, 0.717) is 0 Å². The Labute approximate surface area is 120 Å². The zero-order valence-electron chi connectivity index (χ0n) is 11.3. The summed E-state index contributed by atoms with van der Waals surface area (Å²) in [6, 6.07) is 0. The van der Waals surface area contributed by atoms with E-state index < -0.39 is 43.0 Å². The average Bonchev–Trinajstić information content (AvgIpc) is 2.44. The summed E-state index contributed by atoms with van der Waals surface area (Å²) in [5, 5.41) is 0. The van der Waals surface area contributed by atoms with Crippen LogP contribution in [-0.4, -0.2) is 43.0 Å². The largest absolute Gasteiger partial charge is 0.302 e. The molecule has 0 saturated carbocycles. The molecule has 0 aliphatic carbocycles. The van der Waals surface area contributed by atoms with Crippen LogP contribution >= 0.6 is 0 Å². The summed E-state index contributed by atoms with van der Waals surface area (Å²) in [6.07, 6.45) is -9.62. The minimum absolute atomic E-state index is 0.0418. The first-order valence-electron chi connectivity index (χ1n) is 5.56. The van der Waals surface area contributed by atoms with E-state index in [1.807, 2.05) is 0 Å². The van der Waals surface area contributed by atoms with Gasteiger partial charge in [-0.25, -0.2) is 26.3 Å². The molecule has 10 heteroatoms. The van der Waals surface area contributed by atoms with E-state index in [1.54, 1.807) is 0 Å². The lowest BCUT2D eigenvalue weighted by molar-refractivity contribution is -0.148. The molecule has 0 radical (unpaired) electrons. The quantitative estimate of drug-likeness (QED) is 0.435. The van der Waals surface area contributed by atoms with Gasteiger partial charge in [0, 0.05) is 6.92 Å². The van der Waals surface area contributed by atoms with Gasteiger partial charge in [0.1, 0.15) is 6.67 Å². The van der Waals surface area contributed by atoms with Gasteiger partial charge in [0.25, 0.3) is 11.8 Å². The van der Waals surface area contributed by atoms with Crippen molar-refractivity contribution in [2.24, 2.45) is 0 Å². The van der Waals surface area contributed by atoms with E-state index >= 15 is 0 Å². The van der Waals surface area contributed by atoms with Crippen molar-refractivity contribution in [3.8, 4) is 0 Å². The van der Waals surface area contributed by atoms with E-state index in [-0.39, 0.29) is 19.1 Å². The molecule has 132 valence electrons. The molecule has 22 heavy (non-hydrogen) atoms. The Kier molecular flexibility index (Phi) is 8.83. The Balaban J connectivity index is 0. The summed E-state index contributed by atoms with van der Waals surface area (Å²) in [5.74, 6) is -12.2. The fourth-order valence-electron chi connectivity index (χ4n) is 0.873. The van der Waals surface area contributed by atoms with E-state index in [4.69, 9.17) is 0 Å². The van der Waals surface area contributed by atoms with Crippen LogP contribution in [0.4, 0.5) is 43.9 Å². The molecule has 3 unspecified atom stereocenters. The molecular formula is C12H14F10. The fraction of sp³-hybridized carbons (Fsp3) is 0.667. The number of hydrogen-bond acceptors (Lipinski definition) is 0. The van der Waals surface area contributed by atoms with Crippen molar-refractivity contribution in [3.05, 3.63) is 25.3 Å². The molecule has 0 nitrogen and oxygen atoms in total. The van der Waals surface area contributed by atoms with Crippen molar-refractivity contribution in [1.82, 2.24) is 0 Å². The van der Waals surface area contributed by atoms with Gasteiger partial charge < -0.3 is 0 Å². The normalized spacial score (nSPS) is 16.9. The Bertz CT molecular complexity index is 346. The highest BCUT2D eigenvalue weighted by molar-refractivity contribution is 4.98. The Hall–Kier alpha value is -1.22. The third kappa shape index (κ3) is 7.17. The summed E-state index contributed by atoms with van der Waals surface area (Å²) in [5.41, 5.74) is 0. The van der Waals surface area contributed by atoms with Gasteiger partial charge in [-0.1, -0.05) is 13.2 Å². The molecule has 0 spiro atoms. The van der Waals surface area contributed by atoms with Gasteiger partial charge >= 0.3 is 5.92 Å². The number of rotatable bonds is 7. The molecule has 0 amide bonds. The van der Waals surface area contributed by atoms with Crippen molar-refractivity contribution < 1.29 is 43.9 Å². The van der Waals surface area contributed by atoms with Crippen LogP contribution in [0.15, 0.2) is 25.3 Å². The topological polar surface area (TPSA) is 0 Å². The maximum Gasteiger partial charge on any atom is 0.302 e. The first-order chi connectivity index (χ1) is 9.67. The second-order valence-electron chi connectivity index (χ2n) is 4.15. The van der Waals surface area contributed by atoms with Crippen molar-refractivity contribution in [1.29, 1.82) is 0 Å². The van der Waals surface area contributed by atoms with E-state index in [1.165, 1.54) is 0 Å². The maximum absolute atomic E-state index is 12.1. The molecule has 0 aromatic heterocycles. The van der Waals surface area contributed by atoms with Crippen LogP contribution in [0.5, 0.6) is 0 Å². The van der Waals surface area contributed by atoms with Gasteiger partial charge in [-0.2, -0.15) is 17.6 Å². The second kappa shape index (κ2) is 8.42. The lowest BCUT2D eigenvalue weighted by Crippen LogP contribution is -2.40. The molecule has 0 rings (SSSR count). The molecule has 0 aromatic rings. The lowest BCUT2D eigenvalue weighted by Gasteiger charge is -2.21. The molecule has 0 aliphatic rings. The summed E-state index contributed by atoms with van der Waals surface area (Å²) in [7, 11) is 0. The summed E-state index contributed by atoms with van der Waals surface area (Å²) < 4.78 is 120. The Morgan fingerprint density at radius 2 is 1.23 bits per heavy atom. The summed E-state index contributed by atoms with van der Waals surface area (Å²) in [4.78, 5) is 0. The molecule has 0 aliphatic heterocycles. The van der Waals surface area contributed by atoms with Crippen LogP contribution in [0, 0.1) is 0 Å². The maximum atomic E-state index is 12.1. The first kappa shape index (κ1) is 23.1. The molecule has 0 saturated heterocycles. The zero-order chi connectivity index (χ0) is 18.4. The van der Waals surface area contributed by atoms with Gasteiger partial charge in [0.2, 0.25) is 12.3 Å². The van der Waals surface area contributed by atoms with Crippen molar-refractivity contribution in [2.45, 2.75) is 43.2 Å². The molecule has 0 heterocycles. The van der Waals surface area contributed by atoms with Gasteiger partial charge in [-0.3, -0.25) is 0 Å². The van der Waals surface area contributed by atoms with Gasteiger partial charge in [0.05, 0.1) is 0 Å². The van der Waals surface area contributed by atoms with Crippen LogP contribution in [0.1, 0.15) is 6.92 Å². The Morgan fingerprint density at radius 1 is 0.864 bits per heavy atom. The van der Waals surface area contributed by atoms with Gasteiger partial charge in [-0.15, -0.1) is 0 Å². The van der Waals surface area contributed by atoms with E-state index in [2.05, 4.69) is 13.2 Å². The smallest absolute Gasteiger partial charge is 0.248 e. The van der Waals surface area contributed by atoms with Crippen molar-refractivity contribution >= 4 is 0 Å². The SMILES string of the molecule is C=CC(F)(F)C(F)C(C)(F)F.C=CC(F)(F)C(F)C(F)CF. The predicted octanol–water partition coefficient (Wildman–Crippen LogP) is 5.25. The van der Waals surface area contributed by atoms with Crippen LogP contribution < -0.4 is 0 Å². The Morgan fingerprint density at radius 3 is 1.41 bits per heavy atom. The fourth-order valence-corrected chi connectivity index (χ4v) is 0.873. The molecule has 0 bridgehead atoms. The van der Waals surface area contributed by atoms with Gasteiger partial charge in [0.15, 0.2) is 6.17 Å². The molecule has 0 N–H and O–H groups in total. The molecule has 0 aromatic carbocycles. The number of allylic oxidation sites excluding steroid dienone is 2. The average molecular weight is 348 g/mol. The third-order valence-corrected chi connectivity index (χ3v) is 2.16. The lowest BCUT2D eigenvalue weighted by atomic mass is 10.1. The van der Waals surface area contributed by atoms with E-state index in [0.717, 1.165) is 0 Å². The molecule has 3 atom stereocenters. The number of hydrogen-bond donors (Lipinski definition) is 0. The standard InChI is InChI=1S/2C6H7F5/c1-3-6(10,11)4(7)5(2,8)9;1-2-6(10,11)5(9)4(8)3-7/h3-4H,1H2,2H3;2,4-5H,1,3H2. The molecule has 0 fully saturated rings. The predicted molar refractivity (Wildman–Crippen MR) is 61.6 cm³/mol. The number of alkyl halides is 10. The van der Waals surface area contributed by atoms with Crippen molar-refractivity contribution in [2.75, 3.05) is 6.67 Å². The zero-order valence-corrected chi connectivity index (χ0v) is 11.3. The number of halogens is 10. The minimum Gasteiger partial charge on any atom is -0.248 e. The molecular weight excluding hydrogens is 334 g/mol. The van der Waals surface area contributed by atoms with Gasteiger partial charge in [-0.05, 0) is 12.2 Å². The van der Waals surface area contributed by atoms with Crippen LogP contribution in [0.2, 0.25) is 0 Å². The van der Waals surface area contributed by atoms with Crippen LogP contribution in [-0.2, 0) is 0 Å². The van der Waals surface area contributed by atoms with Crippen molar-refractivity contribution in [3.63, 3.8) is 0 Å². The third-order valence-electron chi connectivity index (χ3n) is 2.16. The van der Waals surface area contributed by atoms with Crippen LogP contribution in [0.3, 0.4) is 0 Å². The first-order valence-corrected chi connectivity index (χ1v) is 5.56. The minimum atomic E-state index is -4.17. The van der Waals surface area contributed by atoms with Crippen LogP contribution in [0.25, 0.3) is 0 Å².